The van der Waals surface area contributed by atoms with Crippen LogP contribution in [-0.2, 0) is 0 Å². The highest BCUT2D eigenvalue weighted by molar-refractivity contribution is 7.18. The molecule has 0 heterocycles. The molecule has 2 atom stereocenters. The molecule has 0 amide bonds. The zero-order chi connectivity index (χ0) is 8.27. The first-order valence-electron chi connectivity index (χ1n) is 4.36. The molecule has 1 aliphatic rings. The van der Waals surface area contributed by atoms with Crippen molar-refractivity contribution in [2.24, 2.45) is 0 Å². The van der Waals surface area contributed by atoms with Crippen LogP contribution in [0.1, 0.15) is 33.1 Å². The van der Waals surface area contributed by atoms with Crippen LogP contribution in [0.15, 0.2) is 23.3 Å². The first-order chi connectivity index (χ1) is 5.24. The molecule has 1 rings (SSSR count). The SMILES string of the molecule is CCC(P)C1=CC=C(C)CC1. The van der Waals surface area contributed by atoms with E-state index in [9.17, 15) is 0 Å². The Bertz CT molecular complexity index is 189. The van der Waals surface area contributed by atoms with Gasteiger partial charge in [0.25, 0.3) is 0 Å². The number of rotatable bonds is 2. The summed E-state index contributed by atoms with van der Waals surface area (Å²) in [6.07, 6.45) is 8.32. The normalized spacial score (nSPS) is 20.6. The fraction of sp³-hybridized carbons (Fsp3) is 0.600. The molecular formula is C10H17P. The van der Waals surface area contributed by atoms with Gasteiger partial charge in [-0.05, 0) is 31.8 Å². The standard InChI is InChI=1S/C10H17P/c1-3-10(11)9-6-4-8(2)5-7-9/h4,6,10H,3,5,7,11H2,1-2H3. The van der Waals surface area contributed by atoms with E-state index < -0.39 is 0 Å². The predicted octanol–water partition coefficient (Wildman–Crippen LogP) is 3.31. The van der Waals surface area contributed by atoms with E-state index in [1.807, 2.05) is 0 Å². The fourth-order valence-electron chi connectivity index (χ4n) is 1.33. The second kappa shape index (κ2) is 4.07. The Hall–Kier alpha value is -0.0900. The summed E-state index contributed by atoms with van der Waals surface area (Å²) >= 11 is 0. The van der Waals surface area contributed by atoms with Crippen LogP contribution < -0.4 is 0 Å². The number of hydrogen-bond donors (Lipinski definition) is 0. The van der Waals surface area contributed by atoms with Crippen molar-refractivity contribution in [3.05, 3.63) is 23.3 Å². The average Bonchev–Trinajstić information content (AvgIpc) is 2.05. The molecule has 0 saturated heterocycles. The topological polar surface area (TPSA) is 0 Å². The van der Waals surface area contributed by atoms with Crippen LogP contribution in [-0.4, -0.2) is 5.66 Å². The number of hydrogen-bond acceptors (Lipinski definition) is 0. The summed E-state index contributed by atoms with van der Waals surface area (Å²) in [5.41, 5.74) is 3.82. The molecule has 0 aromatic heterocycles. The van der Waals surface area contributed by atoms with Crippen molar-refractivity contribution in [1.29, 1.82) is 0 Å². The quantitative estimate of drug-likeness (QED) is 0.555. The highest BCUT2D eigenvalue weighted by Gasteiger charge is 2.08. The van der Waals surface area contributed by atoms with Gasteiger partial charge in [0.15, 0.2) is 0 Å². The lowest BCUT2D eigenvalue weighted by Crippen LogP contribution is -2.03. The van der Waals surface area contributed by atoms with Crippen LogP contribution in [0.5, 0.6) is 0 Å². The van der Waals surface area contributed by atoms with Crippen LogP contribution in [0.4, 0.5) is 0 Å². The Morgan fingerprint density at radius 1 is 1.45 bits per heavy atom. The van der Waals surface area contributed by atoms with Crippen LogP contribution in [0.25, 0.3) is 0 Å². The lowest BCUT2D eigenvalue weighted by atomic mass is 9.96. The summed E-state index contributed by atoms with van der Waals surface area (Å²) in [6, 6.07) is 0. The zero-order valence-corrected chi connectivity index (χ0v) is 8.59. The molecule has 2 unspecified atom stereocenters. The molecule has 1 aliphatic carbocycles. The first kappa shape index (κ1) is 9.00. The van der Waals surface area contributed by atoms with Gasteiger partial charge in [-0.25, -0.2) is 0 Å². The lowest BCUT2D eigenvalue weighted by Gasteiger charge is -2.16. The van der Waals surface area contributed by atoms with E-state index in [2.05, 4.69) is 35.2 Å². The second-order valence-corrected chi connectivity index (χ2v) is 4.07. The van der Waals surface area contributed by atoms with Gasteiger partial charge >= 0.3 is 0 Å². The van der Waals surface area contributed by atoms with E-state index >= 15 is 0 Å². The van der Waals surface area contributed by atoms with E-state index in [0.29, 0.717) is 5.66 Å². The smallest absolute Gasteiger partial charge is 0.00550 e. The Balaban J connectivity index is 2.60. The molecule has 0 aromatic carbocycles. The summed E-state index contributed by atoms with van der Waals surface area (Å²) in [5.74, 6) is 0. The van der Waals surface area contributed by atoms with Crippen LogP contribution in [0, 0.1) is 0 Å². The van der Waals surface area contributed by atoms with Gasteiger partial charge in [-0.3, -0.25) is 0 Å². The Morgan fingerprint density at radius 3 is 2.64 bits per heavy atom. The summed E-state index contributed by atoms with van der Waals surface area (Å²) in [5, 5.41) is 0. The minimum Gasteiger partial charge on any atom is -0.130 e. The maximum absolute atomic E-state index is 2.92. The molecule has 0 fully saturated rings. The predicted molar refractivity (Wildman–Crippen MR) is 54.9 cm³/mol. The van der Waals surface area contributed by atoms with Crippen molar-refractivity contribution >= 4 is 9.24 Å². The van der Waals surface area contributed by atoms with E-state index in [-0.39, 0.29) is 0 Å². The van der Waals surface area contributed by atoms with Gasteiger partial charge in [0.1, 0.15) is 0 Å². The van der Waals surface area contributed by atoms with Gasteiger partial charge in [0.05, 0.1) is 0 Å². The molecular weight excluding hydrogens is 151 g/mol. The van der Waals surface area contributed by atoms with Crippen LogP contribution >= 0.6 is 9.24 Å². The minimum absolute atomic E-state index is 0.708. The second-order valence-electron chi connectivity index (χ2n) is 3.27. The van der Waals surface area contributed by atoms with Crippen molar-refractivity contribution in [2.75, 3.05) is 0 Å². The highest BCUT2D eigenvalue weighted by Crippen LogP contribution is 2.26. The van der Waals surface area contributed by atoms with E-state index in [1.165, 1.54) is 24.8 Å². The molecule has 0 bridgehead atoms. The van der Waals surface area contributed by atoms with Crippen LogP contribution in [0.3, 0.4) is 0 Å². The molecule has 1 heteroatoms. The van der Waals surface area contributed by atoms with Crippen molar-refractivity contribution in [2.45, 2.75) is 38.8 Å². The van der Waals surface area contributed by atoms with Gasteiger partial charge in [0, 0.05) is 0 Å². The summed E-state index contributed by atoms with van der Waals surface area (Å²) in [7, 11) is 2.92. The van der Waals surface area contributed by atoms with Crippen LogP contribution in [0.2, 0.25) is 0 Å². The monoisotopic (exact) mass is 168 g/mol. The largest absolute Gasteiger partial charge is 0.130 e. The molecule has 0 N–H and O–H groups in total. The molecule has 0 nitrogen and oxygen atoms in total. The minimum atomic E-state index is 0.708. The zero-order valence-electron chi connectivity index (χ0n) is 7.43. The van der Waals surface area contributed by atoms with Gasteiger partial charge in [-0.2, -0.15) is 0 Å². The van der Waals surface area contributed by atoms with E-state index in [1.54, 1.807) is 5.57 Å². The molecule has 0 saturated carbocycles. The van der Waals surface area contributed by atoms with Crippen molar-refractivity contribution in [3.8, 4) is 0 Å². The molecule has 11 heavy (non-hydrogen) atoms. The molecule has 0 radical (unpaired) electrons. The van der Waals surface area contributed by atoms with Gasteiger partial charge in [-0.15, -0.1) is 9.24 Å². The molecule has 0 spiro atoms. The van der Waals surface area contributed by atoms with Crippen molar-refractivity contribution < 1.29 is 0 Å². The highest BCUT2D eigenvalue weighted by atomic mass is 31.0. The van der Waals surface area contributed by atoms with Gasteiger partial charge in [-0.1, -0.05) is 30.2 Å². The fourth-order valence-corrected chi connectivity index (χ4v) is 1.61. The maximum Gasteiger partial charge on any atom is -0.00550 e. The summed E-state index contributed by atoms with van der Waals surface area (Å²) in [4.78, 5) is 0. The van der Waals surface area contributed by atoms with Gasteiger partial charge < -0.3 is 0 Å². The van der Waals surface area contributed by atoms with E-state index in [0.717, 1.165) is 0 Å². The number of allylic oxidation sites excluding steroid dienone is 4. The Morgan fingerprint density at radius 2 is 2.18 bits per heavy atom. The Kier molecular flexibility index (Phi) is 3.33. The van der Waals surface area contributed by atoms with E-state index in [4.69, 9.17) is 0 Å². The summed E-state index contributed by atoms with van der Waals surface area (Å²) in [6.45, 7) is 4.45. The average molecular weight is 168 g/mol. The van der Waals surface area contributed by atoms with Crippen molar-refractivity contribution in [3.63, 3.8) is 0 Å². The summed E-state index contributed by atoms with van der Waals surface area (Å²) < 4.78 is 0. The molecule has 62 valence electrons. The molecule has 0 aromatic rings. The third-order valence-electron chi connectivity index (χ3n) is 2.31. The maximum atomic E-state index is 2.92. The van der Waals surface area contributed by atoms with Crippen molar-refractivity contribution in [1.82, 2.24) is 0 Å². The third kappa shape index (κ3) is 2.45. The first-order valence-corrected chi connectivity index (χ1v) is 5.02. The lowest BCUT2D eigenvalue weighted by molar-refractivity contribution is 0.814. The molecule has 0 aliphatic heterocycles. The Labute approximate surface area is 72.0 Å². The third-order valence-corrected chi connectivity index (χ3v) is 3.21. The van der Waals surface area contributed by atoms with Gasteiger partial charge in [0.2, 0.25) is 0 Å².